The van der Waals surface area contributed by atoms with Gasteiger partial charge in [-0.2, -0.15) is 5.10 Å². The van der Waals surface area contributed by atoms with Gasteiger partial charge in [0.15, 0.2) is 5.82 Å². The van der Waals surface area contributed by atoms with E-state index >= 15 is 0 Å². The average molecular weight is 410 g/mol. The van der Waals surface area contributed by atoms with Crippen molar-refractivity contribution >= 4 is 22.8 Å². The van der Waals surface area contributed by atoms with E-state index in [1.165, 1.54) is 0 Å². The number of morpholine rings is 1. The van der Waals surface area contributed by atoms with Crippen LogP contribution in [0.1, 0.15) is 12.8 Å². The van der Waals surface area contributed by atoms with Crippen molar-refractivity contribution in [3.05, 3.63) is 53.1 Å². The van der Waals surface area contributed by atoms with Gasteiger partial charge in [-0.25, -0.2) is 4.98 Å². The Morgan fingerprint density at radius 1 is 1.13 bits per heavy atom. The number of benzene rings is 1. The molecule has 158 valence electrons. The molecule has 0 atom stereocenters. The van der Waals surface area contributed by atoms with E-state index in [1.54, 1.807) is 10.8 Å². The number of aryl methyl sites for hydroxylation is 2. The molecule has 3 heterocycles. The SMILES string of the molecule is O=C(CCn1c(=O)c(N2CCOCC2)nc2ccccc21)NCCCn1cccn1. The summed E-state index contributed by atoms with van der Waals surface area (Å²) in [6.45, 7) is 4.07. The number of nitrogens with one attached hydrogen (secondary N) is 1. The van der Waals surface area contributed by atoms with Gasteiger partial charge in [0.25, 0.3) is 5.56 Å². The summed E-state index contributed by atoms with van der Waals surface area (Å²) < 4.78 is 8.89. The van der Waals surface area contributed by atoms with E-state index in [0.717, 1.165) is 24.0 Å². The molecule has 1 aromatic carbocycles. The number of hydrogen-bond acceptors (Lipinski definition) is 6. The first kappa shape index (κ1) is 20.1. The number of carbonyl (C=O) groups excluding carboxylic acids is 1. The predicted molar refractivity (Wildman–Crippen MR) is 114 cm³/mol. The second-order valence-corrected chi connectivity index (χ2v) is 7.20. The van der Waals surface area contributed by atoms with Crippen molar-refractivity contribution in [2.45, 2.75) is 25.9 Å². The monoisotopic (exact) mass is 410 g/mol. The van der Waals surface area contributed by atoms with E-state index in [4.69, 9.17) is 4.74 Å². The van der Waals surface area contributed by atoms with Gasteiger partial charge in [0.05, 0.1) is 24.2 Å². The lowest BCUT2D eigenvalue weighted by molar-refractivity contribution is -0.121. The molecule has 0 bridgehead atoms. The summed E-state index contributed by atoms with van der Waals surface area (Å²) in [4.78, 5) is 32.0. The minimum absolute atomic E-state index is 0.0730. The first-order valence-electron chi connectivity index (χ1n) is 10.3. The molecule has 1 amide bonds. The Labute approximate surface area is 174 Å². The molecule has 0 spiro atoms. The molecule has 1 fully saturated rings. The quantitative estimate of drug-likeness (QED) is 0.558. The van der Waals surface area contributed by atoms with Crippen molar-refractivity contribution in [3.63, 3.8) is 0 Å². The Balaban J connectivity index is 1.42. The van der Waals surface area contributed by atoms with Crippen molar-refractivity contribution < 1.29 is 9.53 Å². The van der Waals surface area contributed by atoms with Crippen LogP contribution >= 0.6 is 0 Å². The van der Waals surface area contributed by atoms with Crippen LogP contribution in [-0.2, 0) is 22.6 Å². The highest BCUT2D eigenvalue weighted by Crippen LogP contribution is 2.15. The summed E-state index contributed by atoms with van der Waals surface area (Å²) in [5, 5.41) is 7.07. The van der Waals surface area contributed by atoms with E-state index < -0.39 is 0 Å². The zero-order valence-corrected chi connectivity index (χ0v) is 16.9. The molecule has 0 aliphatic carbocycles. The Kier molecular flexibility index (Phi) is 6.38. The van der Waals surface area contributed by atoms with Crippen LogP contribution in [0, 0.1) is 0 Å². The molecule has 0 radical (unpaired) electrons. The number of rotatable bonds is 8. The summed E-state index contributed by atoms with van der Waals surface area (Å²) in [7, 11) is 0. The molecule has 2 aromatic heterocycles. The third-order valence-corrected chi connectivity index (χ3v) is 5.15. The lowest BCUT2D eigenvalue weighted by Crippen LogP contribution is -2.41. The predicted octanol–water partition coefficient (Wildman–Crippen LogP) is 1.03. The summed E-state index contributed by atoms with van der Waals surface area (Å²) in [5.74, 6) is 0.354. The Morgan fingerprint density at radius 2 is 1.97 bits per heavy atom. The number of nitrogens with zero attached hydrogens (tertiary/aromatic N) is 5. The molecular weight excluding hydrogens is 384 g/mol. The molecule has 1 aliphatic heterocycles. The fourth-order valence-corrected chi connectivity index (χ4v) is 3.59. The van der Waals surface area contributed by atoms with E-state index in [9.17, 15) is 9.59 Å². The van der Waals surface area contributed by atoms with Gasteiger partial charge in [0, 0.05) is 51.5 Å². The van der Waals surface area contributed by atoms with Crippen molar-refractivity contribution in [1.82, 2.24) is 24.6 Å². The largest absolute Gasteiger partial charge is 0.378 e. The Morgan fingerprint density at radius 3 is 2.77 bits per heavy atom. The van der Waals surface area contributed by atoms with Crippen molar-refractivity contribution in [2.75, 3.05) is 37.7 Å². The van der Waals surface area contributed by atoms with Crippen LogP contribution in [0.15, 0.2) is 47.5 Å². The molecule has 1 saturated heterocycles. The number of para-hydroxylation sites is 2. The second-order valence-electron chi connectivity index (χ2n) is 7.20. The molecule has 1 N–H and O–H groups in total. The number of aromatic nitrogens is 4. The van der Waals surface area contributed by atoms with Crippen LogP contribution in [-0.4, -0.2) is 58.1 Å². The smallest absolute Gasteiger partial charge is 0.294 e. The van der Waals surface area contributed by atoms with Gasteiger partial charge in [0.2, 0.25) is 5.91 Å². The highest BCUT2D eigenvalue weighted by atomic mass is 16.5. The van der Waals surface area contributed by atoms with Gasteiger partial charge in [-0.3, -0.25) is 14.3 Å². The molecule has 4 rings (SSSR count). The van der Waals surface area contributed by atoms with E-state index in [2.05, 4.69) is 15.4 Å². The summed E-state index contributed by atoms with van der Waals surface area (Å²) >= 11 is 0. The Bertz CT molecular complexity index is 1040. The molecule has 9 nitrogen and oxygen atoms in total. The topological polar surface area (TPSA) is 94.3 Å². The number of fused-ring (bicyclic) bond motifs is 1. The minimum Gasteiger partial charge on any atom is -0.378 e. The van der Waals surface area contributed by atoms with E-state index in [0.29, 0.717) is 45.2 Å². The standard InChI is InChI=1S/C21H26N6O3/c28-19(22-8-3-10-26-11-4-9-23-26)7-12-27-18-6-2-1-5-17(18)24-20(21(27)29)25-13-15-30-16-14-25/h1-2,4-6,9,11H,3,7-8,10,12-16H2,(H,22,28). The molecule has 9 heteroatoms. The lowest BCUT2D eigenvalue weighted by atomic mass is 10.2. The molecule has 0 saturated carbocycles. The number of hydrogen-bond donors (Lipinski definition) is 1. The van der Waals surface area contributed by atoms with Crippen LogP contribution in [0.2, 0.25) is 0 Å². The van der Waals surface area contributed by atoms with Crippen LogP contribution in [0.5, 0.6) is 0 Å². The number of amides is 1. The van der Waals surface area contributed by atoms with Crippen LogP contribution < -0.4 is 15.8 Å². The Hall–Kier alpha value is -3.20. The second kappa shape index (κ2) is 9.53. The molecule has 0 unspecified atom stereocenters. The average Bonchev–Trinajstić information content (AvgIpc) is 3.30. The van der Waals surface area contributed by atoms with Gasteiger partial charge >= 0.3 is 0 Å². The molecule has 1 aliphatic rings. The van der Waals surface area contributed by atoms with Crippen LogP contribution in [0.25, 0.3) is 11.0 Å². The van der Waals surface area contributed by atoms with Crippen molar-refractivity contribution in [2.24, 2.45) is 0 Å². The van der Waals surface area contributed by atoms with Gasteiger partial charge < -0.3 is 19.5 Å². The third-order valence-electron chi connectivity index (χ3n) is 5.15. The maximum Gasteiger partial charge on any atom is 0.294 e. The highest BCUT2D eigenvalue weighted by molar-refractivity contribution is 5.78. The van der Waals surface area contributed by atoms with E-state index in [1.807, 2.05) is 46.1 Å². The molecule has 3 aromatic rings. The first-order valence-corrected chi connectivity index (χ1v) is 10.3. The van der Waals surface area contributed by atoms with Gasteiger partial charge in [-0.05, 0) is 24.6 Å². The van der Waals surface area contributed by atoms with Crippen LogP contribution in [0.4, 0.5) is 5.82 Å². The van der Waals surface area contributed by atoms with Crippen molar-refractivity contribution in [1.29, 1.82) is 0 Å². The summed E-state index contributed by atoms with van der Waals surface area (Å²) in [6, 6.07) is 9.42. The number of anilines is 1. The fourth-order valence-electron chi connectivity index (χ4n) is 3.59. The minimum atomic E-state index is -0.165. The summed E-state index contributed by atoms with van der Waals surface area (Å²) in [5.41, 5.74) is 1.33. The molecular formula is C21H26N6O3. The third kappa shape index (κ3) is 4.68. The van der Waals surface area contributed by atoms with Gasteiger partial charge in [-0.15, -0.1) is 0 Å². The van der Waals surface area contributed by atoms with Gasteiger partial charge in [-0.1, -0.05) is 12.1 Å². The number of carbonyl (C=O) groups is 1. The van der Waals surface area contributed by atoms with Crippen LogP contribution in [0.3, 0.4) is 0 Å². The maximum atomic E-state index is 13.2. The number of ether oxygens (including phenoxy) is 1. The highest BCUT2D eigenvalue weighted by Gasteiger charge is 2.19. The molecule has 30 heavy (non-hydrogen) atoms. The van der Waals surface area contributed by atoms with Gasteiger partial charge in [0.1, 0.15) is 0 Å². The summed E-state index contributed by atoms with van der Waals surface area (Å²) in [6.07, 6.45) is 4.67. The normalized spacial score (nSPS) is 14.2. The van der Waals surface area contributed by atoms with Crippen molar-refractivity contribution in [3.8, 4) is 0 Å². The first-order chi connectivity index (χ1) is 14.7. The lowest BCUT2D eigenvalue weighted by Gasteiger charge is -2.28. The maximum absolute atomic E-state index is 13.2. The van der Waals surface area contributed by atoms with E-state index in [-0.39, 0.29) is 17.9 Å². The zero-order valence-electron chi connectivity index (χ0n) is 16.9. The zero-order chi connectivity index (χ0) is 20.8. The fraction of sp³-hybridized carbons (Fsp3) is 0.429.